The molecule has 2 heterocycles. The van der Waals surface area contributed by atoms with Crippen LogP contribution in [0.5, 0.6) is 0 Å². The Bertz CT molecular complexity index is 347. The molecule has 0 saturated carbocycles. The third-order valence-electron chi connectivity index (χ3n) is 2.34. The minimum Gasteiger partial charge on any atom is -0.368 e. The Morgan fingerprint density at radius 3 is 3.20 bits per heavy atom. The van der Waals surface area contributed by atoms with Crippen molar-refractivity contribution in [3.05, 3.63) is 20.8 Å². The van der Waals surface area contributed by atoms with E-state index < -0.39 is 0 Å². The predicted octanol–water partition coefficient (Wildman–Crippen LogP) is 2.31. The number of halogens is 1. The topological polar surface area (TPSA) is 38.3 Å². The molecule has 0 aliphatic carbocycles. The van der Waals surface area contributed by atoms with Gasteiger partial charge in [-0.25, -0.2) is 0 Å². The lowest BCUT2D eigenvalue weighted by atomic mass is 10.2. The molecular weight excluding hydrogens is 278 g/mol. The number of ether oxygens (including phenoxy) is 1. The zero-order valence-corrected chi connectivity index (χ0v) is 10.6. The van der Waals surface area contributed by atoms with E-state index in [-0.39, 0.29) is 12.0 Å². The van der Waals surface area contributed by atoms with Crippen LogP contribution in [-0.2, 0) is 16.1 Å². The lowest BCUT2D eigenvalue weighted by Gasteiger charge is -2.09. The third-order valence-corrected chi connectivity index (χ3v) is 4.26. The molecular formula is C10H12BrNO2S. The molecule has 15 heavy (non-hydrogen) atoms. The molecule has 5 heteroatoms. The Morgan fingerprint density at radius 1 is 1.73 bits per heavy atom. The summed E-state index contributed by atoms with van der Waals surface area (Å²) in [5.74, 6) is 0.00722. The summed E-state index contributed by atoms with van der Waals surface area (Å²) in [6.07, 6.45) is 1.60. The van der Waals surface area contributed by atoms with Crippen molar-refractivity contribution in [2.75, 3.05) is 6.61 Å². The molecule has 1 atom stereocenters. The van der Waals surface area contributed by atoms with Crippen molar-refractivity contribution in [3.8, 4) is 0 Å². The second-order valence-electron chi connectivity index (χ2n) is 3.41. The van der Waals surface area contributed by atoms with Gasteiger partial charge < -0.3 is 10.1 Å². The van der Waals surface area contributed by atoms with E-state index in [0.29, 0.717) is 13.2 Å². The van der Waals surface area contributed by atoms with Crippen molar-refractivity contribution in [2.24, 2.45) is 0 Å². The van der Waals surface area contributed by atoms with Crippen LogP contribution < -0.4 is 5.32 Å². The molecule has 1 aliphatic heterocycles. The van der Waals surface area contributed by atoms with Crippen molar-refractivity contribution >= 4 is 33.2 Å². The lowest BCUT2D eigenvalue weighted by molar-refractivity contribution is -0.130. The number of rotatable bonds is 3. The molecule has 1 aliphatic rings. The molecule has 0 bridgehead atoms. The highest BCUT2D eigenvalue weighted by Gasteiger charge is 2.23. The minimum atomic E-state index is -0.233. The second kappa shape index (κ2) is 5.09. The second-order valence-corrected chi connectivity index (χ2v) is 5.27. The molecule has 1 aromatic rings. The molecule has 3 nitrogen and oxygen atoms in total. The van der Waals surface area contributed by atoms with Crippen LogP contribution >= 0.6 is 27.3 Å². The Morgan fingerprint density at radius 2 is 2.60 bits per heavy atom. The highest BCUT2D eigenvalue weighted by atomic mass is 79.9. The quantitative estimate of drug-likeness (QED) is 0.927. The summed E-state index contributed by atoms with van der Waals surface area (Å²) in [4.78, 5) is 12.7. The van der Waals surface area contributed by atoms with Gasteiger partial charge in [-0.15, -0.1) is 11.3 Å². The van der Waals surface area contributed by atoms with E-state index >= 15 is 0 Å². The Labute approximate surface area is 101 Å². The van der Waals surface area contributed by atoms with Crippen LogP contribution in [0.4, 0.5) is 0 Å². The summed E-state index contributed by atoms with van der Waals surface area (Å²) in [6, 6.07) is 1.98. The smallest absolute Gasteiger partial charge is 0.249 e. The molecule has 1 N–H and O–H groups in total. The first-order valence-corrected chi connectivity index (χ1v) is 6.56. The summed E-state index contributed by atoms with van der Waals surface area (Å²) < 4.78 is 6.35. The first kappa shape index (κ1) is 11.1. The molecule has 1 fully saturated rings. The highest BCUT2D eigenvalue weighted by molar-refractivity contribution is 9.10. The average molecular weight is 290 g/mol. The van der Waals surface area contributed by atoms with Crippen molar-refractivity contribution < 1.29 is 9.53 Å². The van der Waals surface area contributed by atoms with Crippen molar-refractivity contribution in [2.45, 2.75) is 25.5 Å². The van der Waals surface area contributed by atoms with E-state index in [0.717, 1.165) is 22.2 Å². The zero-order valence-electron chi connectivity index (χ0n) is 8.16. The van der Waals surface area contributed by atoms with Gasteiger partial charge in [-0.05, 0) is 40.2 Å². The first-order chi connectivity index (χ1) is 7.27. The molecule has 1 saturated heterocycles. The maximum Gasteiger partial charge on any atom is 0.249 e. The van der Waals surface area contributed by atoms with E-state index in [1.807, 2.05) is 11.4 Å². The number of nitrogens with one attached hydrogen (secondary N) is 1. The van der Waals surface area contributed by atoms with Gasteiger partial charge in [0.2, 0.25) is 5.91 Å². The van der Waals surface area contributed by atoms with Crippen LogP contribution in [0.3, 0.4) is 0 Å². The molecule has 0 aromatic carbocycles. The van der Waals surface area contributed by atoms with Gasteiger partial charge in [0, 0.05) is 16.0 Å². The highest BCUT2D eigenvalue weighted by Crippen LogP contribution is 2.22. The number of thiophene rings is 1. The number of hydrogen-bond acceptors (Lipinski definition) is 3. The predicted molar refractivity (Wildman–Crippen MR) is 62.8 cm³/mol. The molecule has 0 spiro atoms. The van der Waals surface area contributed by atoms with Gasteiger partial charge >= 0.3 is 0 Å². The average Bonchev–Trinajstić information content (AvgIpc) is 2.85. The van der Waals surface area contributed by atoms with Gasteiger partial charge in [0.05, 0.1) is 6.54 Å². The van der Waals surface area contributed by atoms with Crippen LogP contribution in [0, 0.1) is 0 Å². The molecule has 0 radical (unpaired) electrons. The normalized spacial score (nSPS) is 20.5. The lowest BCUT2D eigenvalue weighted by Crippen LogP contribution is -2.33. The van der Waals surface area contributed by atoms with Gasteiger partial charge in [0.15, 0.2) is 0 Å². The minimum absolute atomic E-state index is 0.00722. The SMILES string of the molecule is O=C(NCc1sccc1Br)[C@@H]1CCCO1. The van der Waals surface area contributed by atoms with E-state index in [2.05, 4.69) is 21.2 Å². The largest absolute Gasteiger partial charge is 0.368 e. The zero-order chi connectivity index (χ0) is 10.7. The molecule has 1 aromatic heterocycles. The monoisotopic (exact) mass is 289 g/mol. The van der Waals surface area contributed by atoms with Crippen molar-refractivity contribution in [3.63, 3.8) is 0 Å². The Balaban J connectivity index is 1.83. The van der Waals surface area contributed by atoms with Crippen LogP contribution in [-0.4, -0.2) is 18.6 Å². The fraction of sp³-hybridized carbons (Fsp3) is 0.500. The summed E-state index contributed by atoms with van der Waals surface area (Å²) >= 11 is 5.06. The summed E-state index contributed by atoms with van der Waals surface area (Å²) in [5.41, 5.74) is 0. The number of carbonyl (C=O) groups excluding carboxylic acids is 1. The summed E-state index contributed by atoms with van der Waals surface area (Å²) in [6.45, 7) is 1.29. The van der Waals surface area contributed by atoms with Gasteiger partial charge in [-0.3, -0.25) is 4.79 Å². The maximum absolute atomic E-state index is 11.6. The van der Waals surface area contributed by atoms with Gasteiger partial charge in [-0.1, -0.05) is 0 Å². The van der Waals surface area contributed by atoms with E-state index in [1.165, 1.54) is 0 Å². The van der Waals surface area contributed by atoms with Crippen LogP contribution in [0.15, 0.2) is 15.9 Å². The Hall–Kier alpha value is -0.390. The number of hydrogen-bond donors (Lipinski definition) is 1. The van der Waals surface area contributed by atoms with Gasteiger partial charge in [-0.2, -0.15) is 0 Å². The van der Waals surface area contributed by atoms with Crippen LogP contribution in [0.25, 0.3) is 0 Å². The first-order valence-electron chi connectivity index (χ1n) is 4.88. The molecule has 82 valence electrons. The third kappa shape index (κ3) is 2.80. The maximum atomic E-state index is 11.6. The van der Waals surface area contributed by atoms with Crippen molar-refractivity contribution in [1.29, 1.82) is 0 Å². The summed E-state index contributed by atoms with van der Waals surface area (Å²) in [7, 11) is 0. The molecule has 1 amide bonds. The fourth-order valence-corrected chi connectivity index (χ4v) is 2.95. The molecule has 0 unspecified atom stereocenters. The van der Waals surface area contributed by atoms with Crippen molar-refractivity contribution in [1.82, 2.24) is 5.32 Å². The standard InChI is InChI=1S/C10H12BrNO2S/c11-7-3-5-15-9(7)6-12-10(13)8-2-1-4-14-8/h3,5,8H,1-2,4,6H2,(H,12,13)/t8-/m0/s1. The van der Waals surface area contributed by atoms with E-state index in [1.54, 1.807) is 11.3 Å². The van der Waals surface area contributed by atoms with E-state index in [9.17, 15) is 4.79 Å². The van der Waals surface area contributed by atoms with Crippen LogP contribution in [0.1, 0.15) is 17.7 Å². The van der Waals surface area contributed by atoms with Crippen LogP contribution in [0.2, 0.25) is 0 Å². The summed E-state index contributed by atoms with van der Waals surface area (Å²) in [5, 5.41) is 4.88. The Kier molecular flexibility index (Phi) is 3.77. The molecule has 2 rings (SSSR count). The fourth-order valence-electron chi connectivity index (χ4n) is 1.52. The van der Waals surface area contributed by atoms with E-state index in [4.69, 9.17) is 4.74 Å². The van der Waals surface area contributed by atoms with Gasteiger partial charge in [0.1, 0.15) is 6.10 Å². The van der Waals surface area contributed by atoms with Gasteiger partial charge in [0.25, 0.3) is 0 Å². The number of carbonyl (C=O) groups is 1. The number of amides is 1.